The molecule has 1 amide bonds. The van der Waals surface area contributed by atoms with E-state index in [9.17, 15) is 4.79 Å². The van der Waals surface area contributed by atoms with E-state index in [0.717, 1.165) is 10.5 Å². The van der Waals surface area contributed by atoms with E-state index in [2.05, 4.69) is 10.5 Å². The molecule has 0 saturated carbocycles. The number of hydrogen-bond acceptors (Lipinski definition) is 4. The molecule has 6 heteroatoms. The van der Waals surface area contributed by atoms with E-state index in [1.54, 1.807) is 18.3 Å². The highest BCUT2D eigenvalue weighted by Gasteiger charge is 2.04. The van der Waals surface area contributed by atoms with Crippen molar-refractivity contribution in [1.29, 1.82) is 0 Å². The molecular formula is C21H17ClN2O2S. The topological polar surface area (TPSA) is 50.7 Å². The van der Waals surface area contributed by atoms with E-state index in [1.165, 1.54) is 11.8 Å². The summed E-state index contributed by atoms with van der Waals surface area (Å²) in [5.41, 5.74) is 3.28. The number of carbonyl (C=O) groups is 1. The van der Waals surface area contributed by atoms with Crippen LogP contribution >= 0.6 is 23.4 Å². The van der Waals surface area contributed by atoms with Crippen LogP contribution in [0.3, 0.4) is 0 Å². The Morgan fingerprint density at radius 3 is 2.63 bits per heavy atom. The van der Waals surface area contributed by atoms with Gasteiger partial charge in [0.15, 0.2) is 0 Å². The number of ether oxygens (including phenoxy) is 1. The average Bonchev–Trinajstić information content (AvgIpc) is 2.69. The summed E-state index contributed by atoms with van der Waals surface area (Å²) in [7, 11) is 0. The zero-order valence-electron chi connectivity index (χ0n) is 14.3. The van der Waals surface area contributed by atoms with Gasteiger partial charge in [0.2, 0.25) is 5.91 Å². The molecule has 27 heavy (non-hydrogen) atoms. The zero-order chi connectivity index (χ0) is 18.9. The van der Waals surface area contributed by atoms with E-state index >= 15 is 0 Å². The van der Waals surface area contributed by atoms with Crippen LogP contribution in [-0.2, 0) is 4.79 Å². The lowest BCUT2D eigenvalue weighted by molar-refractivity contribution is -0.118. The van der Waals surface area contributed by atoms with Gasteiger partial charge in [-0.2, -0.15) is 5.10 Å². The fourth-order valence-electron chi connectivity index (χ4n) is 2.21. The molecule has 0 unspecified atom stereocenters. The van der Waals surface area contributed by atoms with Crippen molar-refractivity contribution in [2.75, 3.05) is 5.75 Å². The number of rotatable bonds is 7. The average molecular weight is 397 g/mol. The number of thioether (sulfide) groups is 1. The predicted molar refractivity (Wildman–Crippen MR) is 111 cm³/mol. The Balaban J connectivity index is 1.57. The maximum atomic E-state index is 11.9. The third-order valence-electron chi connectivity index (χ3n) is 3.45. The molecule has 0 aliphatic rings. The summed E-state index contributed by atoms with van der Waals surface area (Å²) >= 11 is 7.45. The Morgan fingerprint density at radius 1 is 1.04 bits per heavy atom. The molecule has 0 heterocycles. The first-order valence-corrected chi connectivity index (χ1v) is 9.59. The van der Waals surface area contributed by atoms with Crippen LogP contribution in [0.4, 0.5) is 0 Å². The molecule has 3 rings (SSSR count). The Bertz CT molecular complexity index is 932. The van der Waals surface area contributed by atoms with Gasteiger partial charge in [-0.05, 0) is 42.5 Å². The number of benzene rings is 3. The number of nitrogens with one attached hydrogen (secondary N) is 1. The maximum Gasteiger partial charge on any atom is 0.250 e. The molecule has 3 aromatic rings. The Kier molecular flexibility index (Phi) is 6.90. The highest BCUT2D eigenvalue weighted by atomic mass is 35.5. The first kappa shape index (κ1) is 19.0. The van der Waals surface area contributed by atoms with Gasteiger partial charge in [0.25, 0.3) is 0 Å². The summed E-state index contributed by atoms with van der Waals surface area (Å²) in [6.45, 7) is 0. The number of para-hydroxylation sites is 1. The third kappa shape index (κ3) is 6.16. The van der Waals surface area contributed by atoms with Crippen LogP contribution in [0.2, 0.25) is 5.02 Å². The third-order valence-corrected chi connectivity index (χ3v) is 4.70. The first-order valence-electron chi connectivity index (χ1n) is 8.23. The van der Waals surface area contributed by atoms with Gasteiger partial charge in [-0.1, -0.05) is 48.0 Å². The fourth-order valence-corrected chi connectivity index (χ4v) is 3.10. The smallest absolute Gasteiger partial charge is 0.250 e. The van der Waals surface area contributed by atoms with Crippen LogP contribution in [0.1, 0.15) is 5.56 Å². The molecule has 1 N–H and O–H groups in total. The minimum atomic E-state index is -0.173. The molecule has 0 saturated heterocycles. The van der Waals surface area contributed by atoms with Crippen LogP contribution in [0.25, 0.3) is 0 Å². The van der Waals surface area contributed by atoms with Crippen LogP contribution in [0.15, 0.2) is 88.9 Å². The molecule has 3 aromatic carbocycles. The number of hydrogen-bond donors (Lipinski definition) is 1. The van der Waals surface area contributed by atoms with Gasteiger partial charge in [-0.15, -0.1) is 11.8 Å². The van der Waals surface area contributed by atoms with E-state index in [-0.39, 0.29) is 5.91 Å². The first-order chi connectivity index (χ1) is 13.2. The van der Waals surface area contributed by atoms with E-state index < -0.39 is 0 Å². The molecule has 0 bridgehead atoms. The molecule has 0 atom stereocenters. The van der Waals surface area contributed by atoms with Crippen molar-refractivity contribution in [1.82, 2.24) is 5.43 Å². The van der Waals surface area contributed by atoms with Gasteiger partial charge in [-0.25, -0.2) is 5.43 Å². The Labute approximate surface area is 167 Å². The molecule has 0 radical (unpaired) electrons. The molecule has 0 aliphatic carbocycles. The molecule has 0 fully saturated rings. The lowest BCUT2D eigenvalue weighted by Gasteiger charge is -2.08. The number of carbonyl (C=O) groups excluding carboxylic acids is 1. The molecule has 4 nitrogen and oxygen atoms in total. The van der Waals surface area contributed by atoms with Gasteiger partial charge in [0, 0.05) is 15.5 Å². The van der Waals surface area contributed by atoms with Crippen molar-refractivity contribution in [3.8, 4) is 11.5 Å². The van der Waals surface area contributed by atoms with Gasteiger partial charge >= 0.3 is 0 Å². The SMILES string of the molecule is O=C(CSc1ccccc1)N/N=C/c1ccccc1Oc1cccc(Cl)c1. The summed E-state index contributed by atoms with van der Waals surface area (Å²) in [5.74, 6) is 1.37. The molecule has 0 aromatic heterocycles. The number of amides is 1. The number of halogens is 1. The van der Waals surface area contributed by atoms with Crippen LogP contribution < -0.4 is 10.2 Å². The van der Waals surface area contributed by atoms with Crippen molar-refractivity contribution in [2.24, 2.45) is 5.10 Å². The van der Waals surface area contributed by atoms with Crippen LogP contribution in [0.5, 0.6) is 11.5 Å². The van der Waals surface area contributed by atoms with Gasteiger partial charge in [-0.3, -0.25) is 4.79 Å². The molecule has 0 spiro atoms. The lowest BCUT2D eigenvalue weighted by atomic mass is 10.2. The quantitative estimate of drug-likeness (QED) is 0.331. The molecular weight excluding hydrogens is 380 g/mol. The zero-order valence-corrected chi connectivity index (χ0v) is 15.9. The summed E-state index contributed by atoms with van der Waals surface area (Å²) < 4.78 is 5.86. The lowest BCUT2D eigenvalue weighted by Crippen LogP contribution is -2.19. The van der Waals surface area contributed by atoms with E-state index in [0.29, 0.717) is 22.3 Å². The number of nitrogens with zero attached hydrogens (tertiary/aromatic N) is 1. The summed E-state index contributed by atoms with van der Waals surface area (Å²) in [5, 5.41) is 4.63. The normalized spacial score (nSPS) is 10.7. The predicted octanol–water partition coefficient (Wildman–Crippen LogP) is 5.37. The second kappa shape index (κ2) is 9.80. The maximum absolute atomic E-state index is 11.9. The minimum absolute atomic E-state index is 0.173. The molecule has 0 aliphatic heterocycles. The Morgan fingerprint density at radius 2 is 1.81 bits per heavy atom. The van der Waals surface area contributed by atoms with Crippen molar-refractivity contribution < 1.29 is 9.53 Å². The summed E-state index contributed by atoms with van der Waals surface area (Å²) in [6.07, 6.45) is 1.56. The second-order valence-corrected chi connectivity index (χ2v) is 6.98. The second-order valence-electron chi connectivity index (χ2n) is 5.49. The van der Waals surface area contributed by atoms with Crippen molar-refractivity contribution in [2.45, 2.75) is 4.90 Å². The van der Waals surface area contributed by atoms with E-state index in [1.807, 2.05) is 66.7 Å². The molecule has 136 valence electrons. The van der Waals surface area contributed by atoms with Gasteiger partial charge in [0.1, 0.15) is 11.5 Å². The van der Waals surface area contributed by atoms with Crippen LogP contribution in [0, 0.1) is 0 Å². The van der Waals surface area contributed by atoms with Crippen molar-refractivity contribution in [3.63, 3.8) is 0 Å². The number of hydrazone groups is 1. The monoisotopic (exact) mass is 396 g/mol. The van der Waals surface area contributed by atoms with Crippen molar-refractivity contribution in [3.05, 3.63) is 89.4 Å². The van der Waals surface area contributed by atoms with E-state index in [4.69, 9.17) is 16.3 Å². The fraction of sp³-hybridized carbons (Fsp3) is 0.0476. The highest BCUT2D eigenvalue weighted by molar-refractivity contribution is 8.00. The minimum Gasteiger partial charge on any atom is -0.457 e. The van der Waals surface area contributed by atoms with Gasteiger partial charge < -0.3 is 4.74 Å². The van der Waals surface area contributed by atoms with Crippen molar-refractivity contribution >= 4 is 35.5 Å². The standard InChI is InChI=1S/C21H17ClN2O2S/c22-17-8-6-9-18(13-17)26-20-12-5-4-7-16(20)14-23-24-21(25)15-27-19-10-2-1-3-11-19/h1-14H,15H2,(H,24,25)/b23-14+. The summed E-state index contributed by atoms with van der Waals surface area (Å²) in [4.78, 5) is 13.0. The van der Waals surface area contributed by atoms with Crippen LogP contribution in [-0.4, -0.2) is 17.9 Å². The Hall–Kier alpha value is -2.76. The largest absolute Gasteiger partial charge is 0.457 e. The summed E-state index contributed by atoms with van der Waals surface area (Å²) in [6, 6.07) is 24.3. The van der Waals surface area contributed by atoms with Gasteiger partial charge in [0.05, 0.1) is 12.0 Å². The highest BCUT2D eigenvalue weighted by Crippen LogP contribution is 2.26.